The Labute approximate surface area is 115 Å². The lowest BCUT2D eigenvalue weighted by molar-refractivity contribution is -0.132. The Morgan fingerprint density at radius 1 is 1.16 bits per heavy atom. The molecule has 102 valence electrons. The normalized spacial score (nSPS) is 11.2. The average molecular weight is 258 g/mol. The Balaban J connectivity index is 2.17. The minimum absolute atomic E-state index is 0.339. The fraction of sp³-hybridized carbons (Fsp3) is 0.353. The molecule has 0 saturated carbocycles. The summed E-state index contributed by atoms with van der Waals surface area (Å²) in [6, 6.07) is 9.68. The van der Waals surface area contributed by atoms with Crippen LogP contribution in [0, 0.1) is 0 Å². The van der Waals surface area contributed by atoms with E-state index in [0.29, 0.717) is 0 Å². The largest absolute Gasteiger partial charge is 0.432 e. The van der Waals surface area contributed by atoms with Crippen molar-refractivity contribution < 1.29 is 9.53 Å². The maximum atomic E-state index is 11.4. The summed E-state index contributed by atoms with van der Waals surface area (Å²) in [5.74, 6) is -0.339. The molecule has 0 N–H and O–H groups in total. The molecule has 19 heavy (non-hydrogen) atoms. The van der Waals surface area contributed by atoms with Crippen molar-refractivity contribution in [1.29, 1.82) is 0 Å². The summed E-state index contributed by atoms with van der Waals surface area (Å²) in [6.07, 6.45) is 12.5. The lowest BCUT2D eigenvalue weighted by Gasteiger charge is -1.95. The minimum Gasteiger partial charge on any atom is -0.432 e. The summed E-state index contributed by atoms with van der Waals surface area (Å²) in [5, 5.41) is 0. The highest BCUT2D eigenvalue weighted by atomic mass is 16.5. The van der Waals surface area contributed by atoms with Crippen LogP contribution in [0.15, 0.2) is 48.7 Å². The van der Waals surface area contributed by atoms with Gasteiger partial charge in [0.2, 0.25) is 0 Å². The first-order chi connectivity index (χ1) is 9.33. The smallest absolute Gasteiger partial charge is 0.335 e. The SMILES string of the molecule is CCCCCC/C=C/OC(=O)/C=C/c1ccccc1. The maximum absolute atomic E-state index is 11.4. The predicted molar refractivity (Wildman–Crippen MR) is 79.5 cm³/mol. The van der Waals surface area contributed by atoms with Crippen LogP contribution in [-0.2, 0) is 9.53 Å². The third-order valence-corrected chi connectivity index (χ3v) is 2.72. The Bertz CT molecular complexity index is 405. The molecule has 2 heteroatoms. The van der Waals surface area contributed by atoms with Gasteiger partial charge < -0.3 is 4.74 Å². The van der Waals surface area contributed by atoms with Crippen molar-refractivity contribution in [1.82, 2.24) is 0 Å². The summed E-state index contributed by atoms with van der Waals surface area (Å²) < 4.78 is 4.96. The Hall–Kier alpha value is -1.83. The molecule has 0 aliphatic rings. The molecule has 1 aromatic carbocycles. The summed E-state index contributed by atoms with van der Waals surface area (Å²) in [6.45, 7) is 2.19. The van der Waals surface area contributed by atoms with Crippen LogP contribution in [0.1, 0.15) is 44.6 Å². The molecule has 0 amide bonds. The summed E-state index contributed by atoms with van der Waals surface area (Å²) in [5.41, 5.74) is 0.989. The van der Waals surface area contributed by atoms with Crippen molar-refractivity contribution >= 4 is 12.0 Å². The number of ether oxygens (including phenoxy) is 1. The molecule has 0 aliphatic carbocycles. The molecule has 0 aliphatic heterocycles. The molecule has 0 heterocycles. The minimum atomic E-state index is -0.339. The van der Waals surface area contributed by atoms with Crippen molar-refractivity contribution in [2.24, 2.45) is 0 Å². The molecule has 0 fully saturated rings. The molecule has 0 aromatic heterocycles. The van der Waals surface area contributed by atoms with E-state index in [9.17, 15) is 4.79 Å². The van der Waals surface area contributed by atoms with E-state index in [4.69, 9.17) is 4.74 Å². The van der Waals surface area contributed by atoms with Crippen LogP contribution < -0.4 is 0 Å². The highest BCUT2D eigenvalue weighted by Gasteiger charge is 1.93. The molecule has 0 bridgehead atoms. The standard InChI is InChI=1S/C17H22O2/c1-2-3-4-5-6-10-15-19-17(18)14-13-16-11-8-7-9-12-16/h7-15H,2-6H2,1H3/b14-13+,15-10+. The van der Waals surface area contributed by atoms with Crippen molar-refractivity contribution in [2.75, 3.05) is 0 Å². The van der Waals surface area contributed by atoms with E-state index in [1.54, 1.807) is 6.08 Å². The lowest BCUT2D eigenvalue weighted by atomic mass is 10.1. The van der Waals surface area contributed by atoms with Crippen LogP contribution in [0.5, 0.6) is 0 Å². The number of esters is 1. The zero-order valence-electron chi connectivity index (χ0n) is 11.5. The van der Waals surface area contributed by atoms with E-state index >= 15 is 0 Å². The first-order valence-corrected chi connectivity index (χ1v) is 6.91. The molecule has 0 spiro atoms. The number of carbonyl (C=O) groups is 1. The van der Waals surface area contributed by atoms with Gasteiger partial charge in [0.05, 0.1) is 6.26 Å². The van der Waals surface area contributed by atoms with Gasteiger partial charge in [-0.2, -0.15) is 0 Å². The second-order valence-corrected chi connectivity index (χ2v) is 4.40. The molecular formula is C17H22O2. The number of carbonyl (C=O) groups excluding carboxylic acids is 1. The predicted octanol–water partition coefficient (Wildman–Crippen LogP) is 4.73. The first kappa shape index (κ1) is 15.2. The topological polar surface area (TPSA) is 26.3 Å². The third kappa shape index (κ3) is 7.98. The van der Waals surface area contributed by atoms with Crippen LogP contribution in [0.2, 0.25) is 0 Å². The molecule has 0 atom stereocenters. The quantitative estimate of drug-likeness (QED) is 0.292. The molecule has 0 saturated heterocycles. The lowest BCUT2D eigenvalue weighted by Crippen LogP contribution is -1.93. The van der Waals surface area contributed by atoms with Crippen LogP contribution in [0.3, 0.4) is 0 Å². The van der Waals surface area contributed by atoms with Crippen LogP contribution >= 0.6 is 0 Å². The van der Waals surface area contributed by atoms with Crippen molar-refractivity contribution in [2.45, 2.75) is 39.0 Å². The summed E-state index contributed by atoms with van der Waals surface area (Å²) in [7, 11) is 0. The maximum Gasteiger partial charge on any atom is 0.335 e. The van der Waals surface area contributed by atoms with Gasteiger partial charge in [-0.1, -0.05) is 56.5 Å². The Morgan fingerprint density at radius 3 is 2.68 bits per heavy atom. The fourth-order valence-electron chi connectivity index (χ4n) is 1.64. The second kappa shape index (κ2) is 10.1. The van der Waals surface area contributed by atoms with Crippen molar-refractivity contribution in [3.05, 3.63) is 54.3 Å². The van der Waals surface area contributed by atoms with Gasteiger partial charge in [0, 0.05) is 6.08 Å². The van der Waals surface area contributed by atoms with Gasteiger partial charge >= 0.3 is 5.97 Å². The molecule has 0 unspecified atom stereocenters. The van der Waals surface area contributed by atoms with Gasteiger partial charge in [-0.25, -0.2) is 4.79 Å². The molecule has 1 rings (SSSR count). The van der Waals surface area contributed by atoms with Crippen molar-refractivity contribution in [3.63, 3.8) is 0 Å². The van der Waals surface area contributed by atoms with E-state index < -0.39 is 0 Å². The first-order valence-electron chi connectivity index (χ1n) is 6.91. The van der Waals surface area contributed by atoms with Gasteiger partial charge in [0.25, 0.3) is 0 Å². The summed E-state index contributed by atoms with van der Waals surface area (Å²) in [4.78, 5) is 11.4. The zero-order valence-corrected chi connectivity index (χ0v) is 11.5. The molecule has 0 radical (unpaired) electrons. The van der Waals surface area contributed by atoms with Crippen LogP contribution in [0.25, 0.3) is 6.08 Å². The third-order valence-electron chi connectivity index (χ3n) is 2.72. The van der Waals surface area contributed by atoms with Crippen LogP contribution in [0.4, 0.5) is 0 Å². The monoisotopic (exact) mass is 258 g/mol. The summed E-state index contributed by atoms with van der Waals surface area (Å²) >= 11 is 0. The Kier molecular flexibility index (Phi) is 8.12. The fourth-order valence-corrected chi connectivity index (χ4v) is 1.64. The molecular weight excluding hydrogens is 236 g/mol. The van der Waals surface area contributed by atoms with E-state index in [-0.39, 0.29) is 5.97 Å². The highest BCUT2D eigenvalue weighted by Crippen LogP contribution is 2.03. The second-order valence-electron chi connectivity index (χ2n) is 4.40. The highest BCUT2D eigenvalue weighted by molar-refractivity contribution is 5.87. The molecule has 1 aromatic rings. The zero-order chi connectivity index (χ0) is 13.8. The average Bonchev–Trinajstić information content (AvgIpc) is 2.45. The number of benzene rings is 1. The Morgan fingerprint density at radius 2 is 1.95 bits per heavy atom. The number of unbranched alkanes of at least 4 members (excludes halogenated alkanes) is 4. The van der Waals surface area contributed by atoms with E-state index in [2.05, 4.69) is 6.92 Å². The van der Waals surface area contributed by atoms with Crippen LogP contribution in [-0.4, -0.2) is 5.97 Å². The molecule has 2 nitrogen and oxygen atoms in total. The van der Waals surface area contributed by atoms with E-state index in [0.717, 1.165) is 18.4 Å². The number of hydrogen-bond donors (Lipinski definition) is 0. The van der Waals surface area contributed by atoms with Gasteiger partial charge in [-0.05, 0) is 30.6 Å². The van der Waals surface area contributed by atoms with E-state index in [1.165, 1.54) is 31.6 Å². The van der Waals surface area contributed by atoms with E-state index in [1.807, 2.05) is 36.4 Å². The van der Waals surface area contributed by atoms with Gasteiger partial charge in [-0.15, -0.1) is 0 Å². The van der Waals surface area contributed by atoms with Gasteiger partial charge in [-0.3, -0.25) is 0 Å². The van der Waals surface area contributed by atoms with Gasteiger partial charge in [0.1, 0.15) is 0 Å². The number of hydrogen-bond acceptors (Lipinski definition) is 2. The van der Waals surface area contributed by atoms with Gasteiger partial charge in [0.15, 0.2) is 0 Å². The number of rotatable bonds is 8. The van der Waals surface area contributed by atoms with Crippen molar-refractivity contribution in [3.8, 4) is 0 Å². The number of allylic oxidation sites excluding steroid dienone is 1.